The van der Waals surface area contributed by atoms with Gasteiger partial charge in [0.2, 0.25) is 0 Å². The van der Waals surface area contributed by atoms with Gasteiger partial charge >= 0.3 is 0 Å². The van der Waals surface area contributed by atoms with Crippen LogP contribution in [0.15, 0.2) is 0 Å². The van der Waals surface area contributed by atoms with Crippen LogP contribution in [0, 0.1) is 0 Å². The Bertz CT molecular complexity index is 225. The van der Waals surface area contributed by atoms with Crippen molar-refractivity contribution in [2.75, 3.05) is 52.9 Å². The first-order chi connectivity index (χ1) is 8.15. The van der Waals surface area contributed by atoms with E-state index in [0.717, 1.165) is 0 Å². The van der Waals surface area contributed by atoms with Crippen LogP contribution in [0.2, 0.25) is 0 Å². The van der Waals surface area contributed by atoms with E-state index in [0.29, 0.717) is 12.1 Å². The van der Waals surface area contributed by atoms with E-state index >= 15 is 0 Å². The molecule has 2 saturated heterocycles. The SMILES string of the molecule is CC1CN(CCN2CCC(N)CC2)CCN1C. The van der Waals surface area contributed by atoms with E-state index in [2.05, 4.69) is 28.7 Å². The van der Waals surface area contributed by atoms with Gasteiger partial charge in [0.05, 0.1) is 0 Å². The van der Waals surface area contributed by atoms with Crippen LogP contribution in [-0.4, -0.2) is 79.6 Å². The largest absolute Gasteiger partial charge is 0.328 e. The van der Waals surface area contributed by atoms with E-state index in [1.165, 1.54) is 58.7 Å². The van der Waals surface area contributed by atoms with Crippen molar-refractivity contribution in [3.05, 3.63) is 0 Å². The quantitative estimate of drug-likeness (QED) is 0.756. The molecule has 0 radical (unpaired) electrons. The molecule has 4 heteroatoms. The molecule has 0 aliphatic carbocycles. The number of likely N-dealkylation sites (tertiary alicyclic amines) is 1. The lowest BCUT2D eigenvalue weighted by Gasteiger charge is -2.39. The van der Waals surface area contributed by atoms with E-state index in [4.69, 9.17) is 5.73 Å². The molecule has 2 aliphatic heterocycles. The summed E-state index contributed by atoms with van der Waals surface area (Å²) in [4.78, 5) is 7.64. The summed E-state index contributed by atoms with van der Waals surface area (Å²) >= 11 is 0. The summed E-state index contributed by atoms with van der Waals surface area (Å²) in [6, 6.07) is 1.16. The summed E-state index contributed by atoms with van der Waals surface area (Å²) in [5.41, 5.74) is 5.93. The van der Waals surface area contributed by atoms with Gasteiger partial charge in [-0.3, -0.25) is 4.90 Å². The molecule has 100 valence electrons. The molecular weight excluding hydrogens is 212 g/mol. The van der Waals surface area contributed by atoms with Crippen molar-refractivity contribution in [3.63, 3.8) is 0 Å². The summed E-state index contributed by atoms with van der Waals surface area (Å²) in [6.07, 6.45) is 2.36. The zero-order chi connectivity index (χ0) is 12.3. The third-order valence-electron chi connectivity index (χ3n) is 4.41. The van der Waals surface area contributed by atoms with Gasteiger partial charge in [-0.15, -0.1) is 0 Å². The lowest BCUT2D eigenvalue weighted by Crippen LogP contribution is -2.52. The van der Waals surface area contributed by atoms with Gasteiger partial charge in [0, 0.05) is 44.8 Å². The molecule has 2 heterocycles. The Morgan fingerprint density at radius 3 is 2.29 bits per heavy atom. The van der Waals surface area contributed by atoms with Crippen LogP contribution >= 0.6 is 0 Å². The van der Waals surface area contributed by atoms with E-state index in [-0.39, 0.29) is 0 Å². The number of piperidine rings is 1. The second-order valence-corrected chi connectivity index (χ2v) is 5.81. The van der Waals surface area contributed by atoms with Gasteiger partial charge in [0.15, 0.2) is 0 Å². The molecule has 0 aromatic rings. The van der Waals surface area contributed by atoms with Crippen molar-refractivity contribution < 1.29 is 0 Å². The Balaban J connectivity index is 1.65. The van der Waals surface area contributed by atoms with Crippen molar-refractivity contribution in [1.82, 2.24) is 14.7 Å². The van der Waals surface area contributed by atoms with Crippen LogP contribution in [0.4, 0.5) is 0 Å². The van der Waals surface area contributed by atoms with Crippen LogP contribution in [0.1, 0.15) is 19.8 Å². The first kappa shape index (κ1) is 13.3. The number of likely N-dealkylation sites (N-methyl/N-ethyl adjacent to an activating group) is 1. The van der Waals surface area contributed by atoms with Gasteiger partial charge in [-0.05, 0) is 39.9 Å². The summed E-state index contributed by atoms with van der Waals surface area (Å²) < 4.78 is 0. The zero-order valence-corrected chi connectivity index (χ0v) is 11.4. The highest BCUT2D eigenvalue weighted by molar-refractivity contribution is 4.79. The lowest BCUT2D eigenvalue weighted by molar-refractivity contribution is 0.0903. The maximum absolute atomic E-state index is 5.93. The predicted octanol–water partition coefficient (Wildman–Crippen LogP) is 0.0454. The highest BCUT2D eigenvalue weighted by Gasteiger charge is 2.21. The fraction of sp³-hybridized carbons (Fsp3) is 1.00. The van der Waals surface area contributed by atoms with Gasteiger partial charge in [-0.1, -0.05) is 0 Å². The molecule has 0 spiro atoms. The van der Waals surface area contributed by atoms with Gasteiger partial charge in [0.1, 0.15) is 0 Å². The Morgan fingerprint density at radius 1 is 1.00 bits per heavy atom. The Kier molecular flexibility index (Phi) is 4.79. The smallest absolute Gasteiger partial charge is 0.0192 e. The highest BCUT2D eigenvalue weighted by Crippen LogP contribution is 2.10. The molecule has 2 rings (SSSR count). The molecule has 1 unspecified atom stereocenters. The minimum atomic E-state index is 0.454. The van der Waals surface area contributed by atoms with Gasteiger partial charge in [-0.25, -0.2) is 0 Å². The second-order valence-electron chi connectivity index (χ2n) is 5.81. The third-order valence-corrected chi connectivity index (χ3v) is 4.41. The minimum Gasteiger partial charge on any atom is -0.328 e. The molecule has 0 amide bonds. The molecule has 0 aromatic carbocycles. The normalized spacial score (nSPS) is 30.9. The number of hydrogen-bond donors (Lipinski definition) is 1. The van der Waals surface area contributed by atoms with Crippen LogP contribution in [0.25, 0.3) is 0 Å². The summed E-state index contributed by atoms with van der Waals surface area (Å²) in [6.45, 7) is 10.8. The monoisotopic (exact) mass is 240 g/mol. The molecule has 0 aromatic heterocycles. The van der Waals surface area contributed by atoms with Crippen LogP contribution in [0.5, 0.6) is 0 Å². The predicted molar refractivity (Wildman–Crippen MR) is 72.2 cm³/mol. The van der Waals surface area contributed by atoms with Gasteiger partial charge < -0.3 is 15.5 Å². The van der Waals surface area contributed by atoms with Crippen LogP contribution in [-0.2, 0) is 0 Å². The molecule has 4 nitrogen and oxygen atoms in total. The van der Waals surface area contributed by atoms with E-state index < -0.39 is 0 Å². The minimum absolute atomic E-state index is 0.454. The number of rotatable bonds is 3. The molecule has 17 heavy (non-hydrogen) atoms. The number of hydrogen-bond acceptors (Lipinski definition) is 4. The van der Waals surface area contributed by atoms with Gasteiger partial charge in [-0.2, -0.15) is 0 Å². The Morgan fingerprint density at radius 2 is 1.65 bits per heavy atom. The first-order valence-electron chi connectivity index (χ1n) is 7.05. The zero-order valence-electron chi connectivity index (χ0n) is 11.4. The van der Waals surface area contributed by atoms with Crippen molar-refractivity contribution in [1.29, 1.82) is 0 Å². The Labute approximate surface area is 106 Å². The summed E-state index contributed by atoms with van der Waals surface area (Å²) in [7, 11) is 2.23. The topological polar surface area (TPSA) is 35.7 Å². The molecule has 0 saturated carbocycles. The van der Waals surface area contributed by atoms with Crippen LogP contribution in [0.3, 0.4) is 0 Å². The van der Waals surface area contributed by atoms with E-state index in [1.807, 2.05) is 0 Å². The van der Waals surface area contributed by atoms with E-state index in [1.54, 1.807) is 0 Å². The van der Waals surface area contributed by atoms with E-state index in [9.17, 15) is 0 Å². The van der Waals surface area contributed by atoms with Crippen molar-refractivity contribution in [2.45, 2.75) is 31.8 Å². The van der Waals surface area contributed by atoms with Crippen molar-refractivity contribution in [3.8, 4) is 0 Å². The molecule has 2 aliphatic rings. The number of piperazine rings is 1. The van der Waals surface area contributed by atoms with Crippen molar-refractivity contribution in [2.24, 2.45) is 5.73 Å². The summed E-state index contributed by atoms with van der Waals surface area (Å²) in [5.74, 6) is 0. The Hall–Kier alpha value is -0.160. The number of nitrogens with zero attached hydrogens (tertiary/aromatic N) is 3. The molecular formula is C13H28N4. The average Bonchev–Trinajstić information content (AvgIpc) is 2.33. The fourth-order valence-electron chi connectivity index (χ4n) is 2.79. The lowest BCUT2D eigenvalue weighted by atomic mass is 10.1. The van der Waals surface area contributed by atoms with Gasteiger partial charge in [0.25, 0.3) is 0 Å². The standard InChI is InChI=1S/C13H28N4/c1-12-11-17(8-7-15(12)2)10-9-16-5-3-13(14)4-6-16/h12-13H,3-11,14H2,1-2H3. The van der Waals surface area contributed by atoms with Crippen molar-refractivity contribution >= 4 is 0 Å². The summed E-state index contributed by atoms with van der Waals surface area (Å²) in [5, 5.41) is 0. The highest BCUT2D eigenvalue weighted by atomic mass is 15.3. The molecule has 1 atom stereocenters. The molecule has 2 N–H and O–H groups in total. The number of nitrogens with two attached hydrogens (primary N) is 1. The second kappa shape index (κ2) is 6.14. The molecule has 2 fully saturated rings. The maximum Gasteiger partial charge on any atom is 0.0192 e. The molecule has 0 bridgehead atoms. The first-order valence-corrected chi connectivity index (χ1v) is 7.05. The third kappa shape index (κ3) is 3.91. The fourth-order valence-corrected chi connectivity index (χ4v) is 2.79. The maximum atomic E-state index is 5.93. The average molecular weight is 240 g/mol. The van der Waals surface area contributed by atoms with Crippen LogP contribution < -0.4 is 5.73 Å².